The molecule has 5 nitrogen and oxygen atoms in total. The number of hydrogen-bond acceptors (Lipinski definition) is 4. The van der Waals surface area contributed by atoms with E-state index in [1.54, 1.807) is 18.2 Å². The van der Waals surface area contributed by atoms with Crippen LogP contribution in [0.4, 0.5) is 4.79 Å². The van der Waals surface area contributed by atoms with E-state index in [0.29, 0.717) is 30.2 Å². The van der Waals surface area contributed by atoms with Crippen LogP contribution in [0.2, 0.25) is 0 Å². The number of aliphatic hydroxyl groups excluding tert-OH is 1. The van der Waals surface area contributed by atoms with Gasteiger partial charge < -0.3 is 14.6 Å². The van der Waals surface area contributed by atoms with Gasteiger partial charge in [0.25, 0.3) is 0 Å². The van der Waals surface area contributed by atoms with Crippen molar-refractivity contribution in [2.75, 3.05) is 6.54 Å². The maximum Gasteiger partial charge on any atom is 0.417 e. The van der Waals surface area contributed by atoms with Crippen molar-refractivity contribution in [1.29, 1.82) is 0 Å². The van der Waals surface area contributed by atoms with Gasteiger partial charge in [0.1, 0.15) is 12.0 Å². The van der Waals surface area contributed by atoms with Crippen LogP contribution in [0.1, 0.15) is 19.3 Å². The summed E-state index contributed by atoms with van der Waals surface area (Å²) in [5.41, 5.74) is 0. The number of hydrogen-bond donors (Lipinski definition) is 1. The molecule has 1 atom stereocenters. The highest BCUT2D eigenvalue weighted by atomic mass is 16.6. The number of carbonyl (C=O) groups is 1. The van der Waals surface area contributed by atoms with Gasteiger partial charge >= 0.3 is 6.09 Å². The van der Waals surface area contributed by atoms with Gasteiger partial charge in [-0.15, -0.1) is 0 Å². The number of para-hydroxylation sites is 3. The first-order chi connectivity index (χ1) is 11.2. The smallest absolute Gasteiger partial charge is 0.417 e. The molecule has 120 valence electrons. The van der Waals surface area contributed by atoms with E-state index in [0.717, 1.165) is 12.8 Å². The number of piperidine rings is 1. The summed E-state index contributed by atoms with van der Waals surface area (Å²) >= 11 is 0. The molecule has 1 fully saturated rings. The second kappa shape index (κ2) is 7.15. The van der Waals surface area contributed by atoms with Gasteiger partial charge in [0, 0.05) is 6.54 Å². The van der Waals surface area contributed by atoms with Crippen molar-refractivity contribution in [1.82, 2.24) is 4.90 Å². The number of ether oxygens (including phenoxy) is 2. The number of nitrogens with zero attached hydrogens (tertiary/aromatic N) is 1. The lowest BCUT2D eigenvalue weighted by Gasteiger charge is -2.31. The van der Waals surface area contributed by atoms with Gasteiger partial charge in [0.15, 0.2) is 11.5 Å². The van der Waals surface area contributed by atoms with Crippen molar-refractivity contribution in [3.8, 4) is 17.2 Å². The molecule has 0 spiro atoms. The molecule has 1 heterocycles. The normalized spacial score (nSPS) is 17.6. The van der Waals surface area contributed by atoms with E-state index < -0.39 is 12.3 Å². The molecule has 0 bridgehead atoms. The van der Waals surface area contributed by atoms with Gasteiger partial charge in [-0.1, -0.05) is 30.3 Å². The average molecular weight is 313 g/mol. The SMILES string of the molecule is O=C(Oc1ccccc1Oc1ccccc1)N1CCCCC1O. The monoisotopic (exact) mass is 313 g/mol. The molecule has 1 N–H and O–H groups in total. The minimum Gasteiger partial charge on any atom is -0.453 e. The Hall–Kier alpha value is -2.53. The Morgan fingerprint density at radius 3 is 2.43 bits per heavy atom. The Bertz CT molecular complexity index is 659. The fraction of sp³-hybridized carbons (Fsp3) is 0.278. The van der Waals surface area contributed by atoms with Crippen LogP contribution in [0.15, 0.2) is 54.6 Å². The summed E-state index contributed by atoms with van der Waals surface area (Å²) in [5.74, 6) is 1.45. The summed E-state index contributed by atoms with van der Waals surface area (Å²) in [6.45, 7) is 0.502. The van der Waals surface area contributed by atoms with Crippen molar-refractivity contribution in [3.05, 3.63) is 54.6 Å². The third kappa shape index (κ3) is 3.81. The van der Waals surface area contributed by atoms with E-state index in [4.69, 9.17) is 9.47 Å². The summed E-state index contributed by atoms with van der Waals surface area (Å²) in [4.78, 5) is 13.6. The zero-order chi connectivity index (χ0) is 16.1. The molecular weight excluding hydrogens is 294 g/mol. The van der Waals surface area contributed by atoms with Gasteiger partial charge in [-0.25, -0.2) is 4.79 Å². The van der Waals surface area contributed by atoms with Crippen LogP contribution in [0.5, 0.6) is 17.2 Å². The largest absolute Gasteiger partial charge is 0.453 e. The highest BCUT2D eigenvalue weighted by Crippen LogP contribution is 2.31. The number of carbonyl (C=O) groups excluding carboxylic acids is 1. The van der Waals surface area contributed by atoms with Crippen LogP contribution in [-0.4, -0.2) is 28.9 Å². The maximum atomic E-state index is 12.3. The van der Waals surface area contributed by atoms with Crippen LogP contribution >= 0.6 is 0 Å². The van der Waals surface area contributed by atoms with Crippen molar-refractivity contribution < 1.29 is 19.4 Å². The minimum absolute atomic E-state index is 0.333. The van der Waals surface area contributed by atoms with Crippen LogP contribution in [-0.2, 0) is 0 Å². The molecule has 2 aromatic rings. The van der Waals surface area contributed by atoms with E-state index in [1.807, 2.05) is 36.4 Å². The summed E-state index contributed by atoms with van der Waals surface area (Å²) in [6, 6.07) is 16.3. The fourth-order valence-corrected chi connectivity index (χ4v) is 2.51. The van der Waals surface area contributed by atoms with Crippen molar-refractivity contribution in [2.45, 2.75) is 25.5 Å². The predicted octanol–water partition coefficient (Wildman–Crippen LogP) is 3.78. The van der Waals surface area contributed by atoms with Gasteiger partial charge in [0.05, 0.1) is 0 Å². The third-order valence-electron chi connectivity index (χ3n) is 3.72. The molecule has 1 unspecified atom stereocenters. The lowest BCUT2D eigenvalue weighted by molar-refractivity contribution is -0.00889. The predicted molar refractivity (Wildman–Crippen MR) is 85.5 cm³/mol. The first-order valence-corrected chi connectivity index (χ1v) is 7.72. The van der Waals surface area contributed by atoms with Gasteiger partial charge in [-0.05, 0) is 43.5 Å². The number of rotatable bonds is 3. The Balaban J connectivity index is 1.74. The summed E-state index contributed by atoms with van der Waals surface area (Å²) in [7, 11) is 0. The molecule has 0 aromatic heterocycles. The Morgan fingerprint density at radius 2 is 1.70 bits per heavy atom. The molecule has 0 radical (unpaired) electrons. The van der Waals surface area contributed by atoms with Crippen LogP contribution < -0.4 is 9.47 Å². The van der Waals surface area contributed by atoms with Crippen molar-refractivity contribution in [3.63, 3.8) is 0 Å². The molecule has 23 heavy (non-hydrogen) atoms. The topological polar surface area (TPSA) is 59.0 Å². The molecule has 5 heteroatoms. The Kier molecular flexibility index (Phi) is 4.78. The van der Waals surface area contributed by atoms with Gasteiger partial charge in [0.2, 0.25) is 0 Å². The first-order valence-electron chi connectivity index (χ1n) is 7.72. The number of likely N-dealkylation sites (tertiary alicyclic amines) is 1. The maximum absolute atomic E-state index is 12.3. The van der Waals surface area contributed by atoms with E-state index in [9.17, 15) is 9.90 Å². The number of amides is 1. The van der Waals surface area contributed by atoms with Gasteiger partial charge in [-0.3, -0.25) is 4.90 Å². The zero-order valence-corrected chi connectivity index (χ0v) is 12.7. The average Bonchev–Trinajstić information content (AvgIpc) is 2.58. The Labute approximate surface area is 135 Å². The van der Waals surface area contributed by atoms with Crippen molar-refractivity contribution in [2.24, 2.45) is 0 Å². The van der Waals surface area contributed by atoms with E-state index in [-0.39, 0.29) is 0 Å². The molecule has 1 aliphatic rings. The first kappa shape index (κ1) is 15.4. The summed E-state index contributed by atoms with van der Waals surface area (Å²) in [6.07, 6.45) is 1.03. The molecule has 0 saturated carbocycles. The molecule has 1 saturated heterocycles. The highest BCUT2D eigenvalue weighted by molar-refractivity contribution is 5.72. The molecular formula is C18H19NO4. The second-order valence-electron chi connectivity index (χ2n) is 5.40. The molecule has 1 amide bonds. The standard InChI is InChI=1S/C18H19NO4/c20-17-12-6-7-13-19(17)18(21)23-16-11-5-4-10-15(16)22-14-8-2-1-3-9-14/h1-5,8-11,17,20H,6-7,12-13H2. The molecule has 0 aliphatic carbocycles. The van der Waals surface area contributed by atoms with Crippen molar-refractivity contribution >= 4 is 6.09 Å². The van der Waals surface area contributed by atoms with Crippen LogP contribution in [0.25, 0.3) is 0 Å². The molecule has 2 aromatic carbocycles. The second-order valence-corrected chi connectivity index (χ2v) is 5.40. The summed E-state index contributed by atoms with van der Waals surface area (Å²) < 4.78 is 11.2. The fourth-order valence-electron chi connectivity index (χ4n) is 2.51. The molecule has 3 rings (SSSR count). The zero-order valence-electron chi connectivity index (χ0n) is 12.7. The van der Waals surface area contributed by atoms with E-state index in [2.05, 4.69) is 0 Å². The van der Waals surface area contributed by atoms with Crippen LogP contribution in [0, 0.1) is 0 Å². The Morgan fingerprint density at radius 1 is 1.00 bits per heavy atom. The minimum atomic E-state index is -0.779. The lowest BCUT2D eigenvalue weighted by Crippen LogP contribution is -2.45. The van der Waals surface area contributed by atoms with Crippen LogP contribution in [0.3, 0.4) is 0 Å². The number of benzene rings is 2. The summed E-state index contributed by atoms with van der Waals surface area (Å²) in [5, 5.41) is 9.92. The highest BCUT2D eigenvalue weighted by Gasteiger charge is 2.27. The third-order valence-corrected chi connectivity index (χ3v) is 3.72. The lowest BCUT2D eigenvalue weighted by atomic mass is 10.1. The van der Waals surface area contributed by atoms with E-state index in [1.165, 1.54) is 4.90 Å². The number of aliphatic hydroxyl groups is 1. The van der Waals surface area contributed by atoms with Gasteiger partial charge in [-0.2, -0.15) is 0 Å². The molecule has 1 aliphatic heterocycles. The van der Waals surface area contributed by atoms with E-state index >= 15 is 0 Å². The quantitative estimate of drug-likeness (QED) is 0.937.